The normalized spacial score (nSPS) is 11.4. The Morgan fingerprint density at radius 2 is 1.77 bits per heavy atom. The van der Waals surface area contributed by atoms with Crippen molar-refractivity contribution in [2.75, 3.05) is 11.9 Å². The summed E-state index contributed by atoms with van der Waals surface area (Å²) in [5, 5.41) is 20.6. The van der Waals surface area contributed by atoms with E-state index in [-0.39, 0.29) is 18.4 Å². The lowest BCUT2D eigenvalue weighted by molar-refractivity contribution is -0.136. The van der Waals surface area contributed by atoms with Gasteiger partial charge in [0, 0.05) is 23.2 Å². The van der Waals surface area contributed by atoms with Crippen LogP contribution in [0.15, 0.2) is 54.7 Å². The van der Waals surface area contributed by atoms with Crippen LogP contribution in [0.2, 0.25) is 0 Å². The largest absolute Gasteiger partial charge is 0.481 e. The second-order valence-corrected chi connectivity index (χ2v) is 9.47. The summed E-state index contributed by atoms with van der Waals surface area (Å²) in [5.41, 5.74) is 5.82. The quantitative estimate of drug-likeness (QED) is 0.390. The molecule has 0 aliphatic heterocycles. The Hall–Kier alpha value is -4.14. The number of aliphatic carboxylic acids is 1. The highest BCUT2D eigenvalue weighted by Gasteiger charge is 2.16. The standard InChI is InChI=1S/C26H29N7O2/c1-17-7-5-8-18(13-17)20-14-21(30-25(29-20)27-12-11-24(34)35)22-16-33(32-31-22)15-19-9-6-10-23(28-19)26(2,3)4/h5-10,13-14,16H,11-12,15H2,1-4H3,(H,34,35)(H,27,29,30). The average Bonchev–Trinajstić information content (AvgIpc) is 3.27. The predicted octanol–water partition coefficient (Wildman–Crippen LogP) is 4.34. The molecule has 3 heterocycles. The lowest BCUT2D eigenvalue weighted by atomic mass is 9.91. The topological polar surface area (TPSA) is 119 Å². The number of nitrogens with zero attached hydrogens (tertiary/aromatic N) is 6. The zero-order valence-electron chi connectivity index (χ0n) is 20.4. The molecule has 0 spiro atoms. The maximum Gasteiger partial charge on any atom is 0.305 e. The number of hydrogen-bond acceptors (Lipinski definition) is 7. The van der Waals surface area contributed by atoms with E-state index in [9.17, 15) is 4.79 Å². The summed E-state index contributed by atoms with van der Waals surface area (Å²) in [6.45, 7) is 9.12. The Labute approximate surface area is 204 Å². The van der Waals surface area contributed by atoms with Crippen molar-refractivity contribution in [1.29, 1.82) is 0 Å². The number of carboxylic acids is 1. The third kappa shape index (κ3) is 6.26. The fraction of sp³-hybridized carbons (Fsp3) is 0.308. The monoisotopic (exact) mass is 471 g/mol. The Bertz CT molecular complexity index is 1340. The molecule has 0 fully saturated rings. The van der Waals surface area contributed by atoms with Gasteiger partial charge in [0.05, 0.1) is 36.2 Å². The number of pyridine rings is 1. The van der Waals surface area contributed by atoms with Gasteiger partial charge in [0.25, 0.3) is 0 Å². The molecule has 1 aromatic carbocycles. The van der Waals surface area contributed by atoms with E-state index in [2.05, 4.69) is 46.4 Å². The van der Waals surface area contributed by atoms with Gasteiger partial charge < -0.3 is 10.4 Å². The molecule has 0 amide bonds. The molecule has 180 valence electrons. The third-order valence-electron chi connectivity index (χ3n) is 5.36. The Morgan fingerprint density at radius 3 is 2.51 bits per heavy atom. The molecule has 2 N–H and O–H groups in total. The van der Waals surface area contributed by atoms with Crippen LogP contribution in [0, 0.1) is 6.92 Å². The van der Waals surface area contributed by atoms with Crippen LogP contribution in [0.1, 0.15) is 44.1 Å². The molecule has 4 rings (SSSR count). The van der Waals surface area contributed by atoms with Gasteiger partial charge in [-0.3, -0.25) is 9.78 Å². The number of rotatable bonds is 8. The number of anilines is 1. The molecule has 0 unspecified atom stereocenters. The summed E-state index contributed by atoms with van der Waals surface area (Å²) in [7, 11) is 0. The summed E-state index contributed by atoms with van der Waals surface area (Å²) >= 11 is 0. The van der Waals surface area contributed by atoms with E-state index in [1.165, 1.54) is 0 Å². The molecule has 0 aliphatic carbocycles. The van der Waals surface area contributed by atoms with Crippen molar-refractivity contribution in [3.05, 3.63) is 71.7 Å². The zero-order chi connectivity index (χ0) is 25.0. The highest BCUT2D eigenvalue weighted by atomic mass is 16.4. The van der Waals surface area contributed by atoms with Crippen LogP contribution in [0.25, 0.3) is 22.6 Å². The van der Waals surface area contributed by atoms with Crippen molar-refractivity contribution in [2.24, 2.45) is 0 Å². The summed E-state index contributed by atoms with van der Waals surface area (Å²) in [5.74, 6) is -0.547. The van der Waals surface area contributed by atoms with E-state index < -0.39 is 5.97 Å². The van der Waals surface area contributed by atoms with Crippen molar-refractivity contribution in [3.8, 4) is 22.6 Å². The van der Waals surface area contributed by atoms with Crippen LogP contribution in [-0.2, 0) is 16.8 Å². The molecular formula is C26H29N7O2. The average molecular weight is 472 g/mol. The molecule has 4 aromatic rings. The number of aromatic nitrogens is 6. The lowest BCUT2D eigenvalue weighted by Gasteiger charge is -2.18. The van der Waals surface area contributed by atoms with Crippen molar-refractivity contribution < 1.29 is 9.90 Å². The summed E-state index contributed by atoms with van der Waals surface area (Å²) in [6.07, 6.45) is 1.79. The third-order valence-corrected chi connectivity index (χ3v) is 5.36. The van der Waals surface area contributed by atoms with Gasteiger partial charge in [-0.05, 0) is 31.2 Å². The molecule has 0 bridgehead atoms. The maximum absolute atomic E-state index is 10.9. The molecule has 3 aromatic heterocycles. The first-order chi connectivity index (χ1) is 16.7. The van der Waals surface area contributed by atoms with E-state index in [4.69, 9.17) is 10.1 Å². The van der Waals surface area contributed by atoms with Gasteiger partial charge >= 0.3 is 5.97 Å². The van der Waals surface area contributed by atoms with Gasteiger partial charge in [-0.25, -0.2) is 14.6 Å². The van der Waals surface area contributed by atoms with Gasteiger partial charge in [0.2, 0.25) is 5.95 Å². The van der Waals surface area contributed by atoms with Gasteiger partial charge in [-0.15, -0.1) is 5.10 Å². The lowest BCUT2D eigenvalue weighted by Crippen LogP contribution is -2.15. The van der Waals surface area contributed by atoms with Gasteiger partial charge in [-0.1, -0.05) is 55.8 Å². The zero-order valence-corrected chi connectivity index (χ0v) is 20.4. The van der Waals surface area contributed by atoms with Crippen LogP contribution in [-0.4, -0.2) is 47.6 Å². The minimum Gasteiger partial charge on any atom is -0.481 e. The summed E-state index contributed by atoms with van der Waals surface area (Å²) in [6, 6.07) is 15.9. The number of aryl methyl sites for hydroxylation is 1. The van der Waals surface area contributed by atoms with E-state index in [1.54, 1.807) is 4.68 Å². The number of carboxylic acid groups (broad SMARTS) is 1. The molecular weight excluding hydrogens is 442 g/mol. The van der Waals surface area contributed by atoms with E-state index in [0.717, 1.165) is 22.5 Å². The molecule has 0 saturated carbocycles. The predicted molar refractivity (Wildman–Crippen MR) is 134 cm³/mol. The smallest absolute Gasteiger partial charge is 0.305 e. The van der Waals surface area contributed by atoms with Crippen molar-refractivity contribution in [1.82, 2.24) is 29.9 Å². The minimum absolute atomic E-state index is 0.0375. The van der Waals surface area contributed by atoms with Crippen LogP contribution in [0.5, 0.6) is 0 Å². The first kappa shape index (κ1) is 24.0. The second-order valence-electron chi connectivity index (χ2n) is 9.47. The highest BCUT2D eigenvalue weighted by molar-refractivity contribution is 5.69. The van der Waals surface area contributed by atoms with E-state index in [0.29, 0.717) is 29.6 Å². The SMILES string of the molecule is Cc1cccc(-c2cc(-c3cn(Cc4cccc(C(C)(C)C)n4)nn3)nc(NCCC(=O)O)n2)c1. The first-order valence-electron chi connectivity index (χ1n) is 11.5. The van der Waals surface area contributed by atoms with Gasteiger partial charge in [0.1, 0.15) is 5.69 Å². The Balaban J connectivity index is 1.63. The minimum atomic E-state index is -0.889. The Kier molecular flexibility index (Phi) is 6.86. The number of hydrogen-bond donors (Lipinski definition) is 2. The highest BCUT2D eigenvalue weighted by Crippen LogP contribution is 2.25. The molecule has 0 aliphatic rings. The fourth-order valence-corrected chi connectivity index (χ4v) is 3.54. The van der Waals surface area contributed by atoms with Crippen LogP contribution < -0.4 is 5.32 Å². The van der Waals surface area contributed by atoms with Gasteiger partial charge in [0.15, 0.2) is 0 Å². The van der Waals surface area contributed by atoms with Crippen molar-refractivity contribution in [2.45, 2.75) is 46.1 Å². The molecule has 0 saturated heterocycles. The maximum atomic E-state index is 10.9. The Morgan fingerprint density at radius 1 is 1.00 bits per heavy atom. The van der Waals surface area contributed by atoms with Gasteiger partial charge in [-0.2, -0.15) is 0 Å². The summed E-state index contributed by atoms with van der Waals surface area (Å²) < 4.78 is 1.73. The number of nitrogens with one attached hydrogen (secondary N) is 1. The number of benzene rings is 1. The summed E-state index contributed by atoms with van der Waals surface area (Å²) in [4.78, 5) is 24.9. The van der Waals surface area contributed by atoms with Crippen LogP contribution in [0.3, 0.4) is 0 Å². The van der Waals surface area contributed by atoms with E-state index in [1.807, 2.05) is 61.7 Å². The number of carbonyl (C=O) groups is 1. The molecule has 9 nitrogen and oxygen atoms in total. The fourth-order valence-electron chi connectivity index (χ4n) is 3.54. The second kappa shape index (κ2) is 10.0. The molecule has 35 heavy (non-hydrogen) atoms. The van der Waals surface area contributed by atoms with Crippen molar-refractivity contribution in [3.63, 3.8) is 0 Å². The van der Waals surface area contributed by atoms with E-state index >= 15 is 0 Å². The first-order valence-corrected chi connectivity index (χ1v) is 11.5. The molecule has 0 atom stereocenters. The van der Waals surface area contributed by atoms with Crippen molar-refractivity contribution >= 4 is 11.9 Å². The van der Waals surface area contributed by atoms with Crippen LogP contribution >= 0.6 is 0 Å². The van der Waals surface area contributed by atoms with Crippen LogP contribution in [0.4, 0.5) is 5.95 Å². The molecule has 9 heteroatoms. The molecule has 0 radical (unpaired) electrons.